The number of ether oxygens (including phenoxy) is 1. The summed E-state index contributed by atoms with van der Waals surface area (Å²) in [5.41, 5.74) is 2.56. The molecule has 1 N–H and O–H groups in total. The third kappa shape index (κ3) is 3.11. The third-order valence-corrected chi connectivity index (χ3v) is 3.86. The standard InChI is InChI=1S/C15H14BrClO2/c1-9-3-5-11(13(16)7-9)15(18)12-8-10(17)4-6-14(12)19-2/h3-8,15,18H,1-2H3. The molecule has 0 fully saturated rings. The average molecular weight is 342 g/mol. The highest BCUT2D eigenvalue weighted by molar-refractivity contribution is 9.10. The predicted molar refractivity (Wildman–Crippen MR) is 80.9 cm³/mol. The lowest BCUT2D eigenvalue weighted by atomic mass is 10.00. The molecule has 0 bridgehead atoms. The van der Waals surface area contributed by atoms with Gasteiger partial charge in [0, 0.05) is 15.1 Å². The van der Waals surface area contributed by atoms with Crippen molar-refractivity contribution >= 4 is 27.5 Å². The molecule has 0 amide bonds. The molecule has 2 nitrogen and oxygen atoms in total. The minimum absolute atomic E-state index is 0.568. The molecule has 2 aromatic carbocycles. The molecule has 0 aliphatic carbocycles. The lowest BCUT2D eigenvalue weighted by Crippen LogP contribution is -2.03. The Morgan fingerprint density at radius 3 is 2.53 bits per heavy atom. The van der Waals surface area contributed by atoms with Gasteiger partial charge in [-0.15, -0.1) is 0 Å². The fourth-order valence-corrected chi connectivity index (χ4v) is 2.83. The van der Waals surface area contributed by atoms with Crippen molar-refractivity contribution in [3.63, 3.8) is 0 Å². The highest BCUT2D eigenvalue weighted by Gasteiger charge is 2.18. The Kier molecular flexibility index (Phi) is 4.50. The molecule has 0 spiro atoms. The molecular weight excluding hydrogens is 328 g/mol. The number of hydrogen-bond acceptors (Lipinski definition) is 2. The van der Waals surface area contributed by atoms with Gasteiger partial charge in [0.2, 0.25) is 0 Å². The first kappa shape index (κ1) is 14.4. The first-order valence-electron chi connectivity index (χ1n) is 5.80. The van der Waals surface area contributed by atoms with E-state index < -0.39 is 6.10 Å². The highest BCUT2D eigenvalue weighted by atomic mass is 79.9. The molecule has 2 aromatic rings. The molecular formula is C15H14BrClO2. The van der Waals surface area contributed by atoms with E-state index in [0.29, 0.717) is 16.3 Å². The van der Waals surface area contributed by atoms with Crippen LogP contribution >= 0.6 is 27.5 Å². The minimum atomic E-state index is -0.788. The predicted octanol–water partition coefficient (Wildman–Crippen LogP) is 4.50. The first-order valence-corrected chi connectivity index (χ1v) is 6.97. The van der Waals surface area contributed by atoms with Crippen LogP contribution in [0, 0.1) is 6.92 Å². The smallest absolute Gasteiger partial charge is 0.125 e. The van der Waals surface area contributed by atoms with Crippen molar-refractivity contribution in [2.24, 2.45) is 0 Å². The van der Waals surface area contributed by atoms with Crippen LogP contribution in [0.5, 0.6) is 5.75 Å². The van der Waals surface area contributed by atoms with Crippen LogP contribution in [-0.2, 0) is 0 Å². The molecule has 0 heterocycles. The number of aryl methyl sites for hydroxylation is 1. The molecule has 0 saturated carbocycles. The van der Waals surface area contributed by atoms with E-state index in [1.165, 1.54) is 0 Å². The van der Waals surface area contributed by atoms with Crippen LogP contribution in [0.25, 0.3) is 0 Å². The Labute approximate surface area is 126 Å². The Morgan fingerprint density at radius 1 is 1.16 bits per heavy atom. The second-order valence-electron chi connectivity index (χ2n) is 4.31. The number of hydrogen-bond donors (Lipinski definition) is 1. The largest absolute Gasteiger partial charge is 0.496 e. The van der Waals surface area contributed by atoms with E-state index in [4.69, 9.17) is 16.3 Å². The maximum Gasteiger partial charge on any atom is 0.125 e. The Balaban J connectivity index is 2.49. The molecule has 4 heteroatoms. The molecule has 0 aromatic heterocycles. The van der Waals surface area contributed by atoms with Crippen LogP contribution in [0.1, 0.15) is 22.8 Å². The monoisotopic (exact) mass is 340 g/mol. The van der Waals surface area contributed by atoms with Crippen molar-refractivity contribution in [1.82, 2.24) is 0 Å². The number of benzene rings is 2. The quantitative estimate of drug-likeness (QED) is 0.890. The van der Waals surface area contributed by atoms with E-state index in [1.807, 2.05) is 25.1 Å². The fraction of sp³-hybridized carbons (Fsp3) is 0.200. The van der Waals surface area contributed by atoms with E-state index in [1.54, 1.807) is 25.3 Å². The van der Waals surface area contributed by atoms with Gasteiger partial charge in [0.15, 0.2) is 0 Å². The van der Waals surface area contributed by atoms with Crippen molar-refractivity contribution in [1.29, 1.82) is 0 Å². The molecule has 19 heavy (non-hydrogen) atoms. The van der Waals surface area contributed by atoms with Gasteiger partial charge in [-0.25, -0.2) is 0 Å². The molecule has 0 aliphatic heterocycles. The number of halogens is 2. The summed E-state index contributed by atoms with van der Waals surface area (Å²) < 4.78 is 6.14. The average Bonchev–Trinajstić information content (AvgIpc) is 2.38. The number of aliphatic hydroxyl groups excluding tert-OH is 1. The van der Waals surface area contributed by atoms with E-state index in [9.17, 15) is 5.11 Å². The molecule has 1 unspecified atom stereocenters. The highest BCUT2D eigenvalue weighted by Crippen LogP contribution is 2.35. The SMILES string of the molecule is COc1ccc(Cl)cc1C(O)c1ccc(C)cc1Br. The Hall–Kier alpha value is -1.03. The van der Waals surface area contributed by atoms with Crippen molar-refractivity contribution in [2.45, 2.75) is 13.0 Å². The second-order valence-corrected chi connectivity index (χ2v) is 5.60. The number of rotatable bonds is 3. The summed E-state index contributed by atoms with van der Waals surface area (Å²) >= 11 is 9.47. The summed E-state index contributed by atoms with van der Waals surface area (Å²) in [6.45, 7) is 2.00. The van der Waals surface area contributed by atoms with Crippen LogP contribution in [-0.4, -0.2) is 12.2 Å². The second kappa shape index (κ2) is 5.95. The van der Waals surface area contributed by atoms with E-state index in [2.05, 4.69) is 15.9 Å². The van der Waals surface area contributed by atoms with Crippen LogP contribution in [0.4, 0.5) is 0 Å². The van der Waals surface area contributed by atoms with Crippen LogP contribution in [0.2, 0.25) is 5.02 Å². The molecule has 100 valence electrons. The van der Waals surface area contributed by atoms with E-state index >= 15 is 0 Å². The lowest BCUT2D eigenvalue weighted by Gasteiger charge is -2.17. The number of aliphatic hydroxyl groups is 1. The first-order chi connectivity index (χ1) is 9.02. The van der Waals surface area contributed by atoms with Gasteiger partial charge in [-0.3, -0.25) is 0 Å². The van der Waals surface area contributed by atoms with Crippen molar-refractivity contribution in [3.05, 3.63) is 62.6 Å². The molecule has 0 saturated heterocycles. The van der Waals surface area contributed by atoms with Gasteiger partial charge >= 0.3 is 0 Å². The maximum absolute atomic E-state index is 10.5. The van der Waals surface area contributed by atoms with Crippen molar-refractivity contribution in [2.75, 3.05) is 7.11 Å². The molecule has 0 aliphatic rings. The zero-order chi connectivity index (χ0) is 14.0. The summed E-state index contributed by atoms with van der Waals surface area (Å²) in [5, 5.41) is 11.1. The van der Waals surface area contributed by atoms with Gasteiger partial charge in [-0.2, -0.15) is 0 Å². The van der Waals surface area contributed by atoms with Crippen LogP contribution in [0.15, 0.2) is 40.9 Å². The summed E-state index contributed by atoms with van der Waals surface area (Å²) in [6, 6.07) is 11.0. The van der Waals surface area contributed by atoms with Crippen LogP contribution in [0.3, 0.4) is 0 Å². The van der Waals surface area contributed by atoms with Crippen molar-refractivity contribution in [3.8, 4) is 5.75 Å². The zero-order valence-electron chi connectivity index (χ0n) is 10.7. The third-order valence-electron chi connectivity index (χ3n) is 2.94. The molecule has 0 radical (unpaired) electrons. The normalized spacial score (nSPS) is 12.3. The van der Waals surface area contributed by atoms with E-state index in [0.717, 1.165) is 15.6 Å². The van der Waals surface area contributed by atoms with Crippen molar-refractivity contribution < 1.29 is 9.84 Å². The molecule has 2 rings (SSSR count). The van der Waals surface area contributed by atoms with Crippen LogP contribution < -0.4 is 4.74 Å². The lowest BCUT2D eigenvalue weighted by molar-refractivity contribution is 0.214. The van der Waals surface area contributed by atoms with Gasteiger partial charge in [-0.05, 0) is 42.3 Å². The van der Waals surface area contributed by atoms with Gasteiger partial charge in [0.05, 0.1) is 7.11 Å². The van der Waals surface area contributed by atoms with E-state index in [-0.39, 0.29) is 0 Å². The summed E-state index contributed by atoms with van der Waals surface area (Å²) in [5.74, 6) is 0.615. The maximum atomic E-state index is 10.5. The summed E-state index contributed by atoms with van der Waals surface area (Å²) in [6.07, 6.45) is -0.788. The summed E-state index contributed by atoms with van der Waals surface area (Å²) in [7, 11) is 1.57. The molecule has 1 atom stereocenters. The summed E-state index contributed by atoms with van der Waals surface area (Å²) in [4.78, 5) is 0. The Morgan fingerprint density at radius 2 is 1.89 bits per heavy atom. The Bertz CT molecular complexity index is 599. The minimum Gasteiger partial charge on any atom is -0.496 e. The topological polar surface area (TPSA) is 29.5 Å². The zero-order valence-corrected chi connectivity index (χ0v) is 13.0. The number of methoxy groups -OCH3 is 1. The fourth-order valence-electron chi connectivity index (χ4n) is 1.94. The van der Waals surface area contributed by atoms with Gasteiger partial charge in [-0.1, -0.05) is 39.7 Å². The van der Waals surface area contributed by atoms with Gasteiger partial charge in [0.25, 0.3) is 0 Å². The van der Waals surface area contributed by atoms with Gasteiger partial charge in [0.1, 0.15) is 11.9 Å². The van der Waals surface area contributed by atoms with Gasteiger partial charge < -0.3 is 9.84 Å².